The van der Waals surface area contributed by atoms with Crippen LogP contribution in [0.3, 0.4) is 0 Å². The van der Waals surface area contributed by atoms with Crippen molar-refractivity contribution < 1.29 is 14.3 Å². The number of carbonyl (C=O) groups excluding carboxylic acids is 2. The van der Waals surface area contributed by atoms with Crippen LogP contribution in [0, 0.1) is 12.8 Å². The molecule has 0 radical (unpaired) electrons. The van der Waals surface area contributed by atoms with Gasteiger partial charge < -0.3 is 10.1 Å². The molecule has 0 spiro atoms. The second-order valence-corrected chi connectivity index (χ2v) is 7.79. The molecule has 5 nitrogen and oxygen atoms in total. The molecule has 1 aromatic rings. The average Bonchev–Trinajstić information content (AvgIpc) is 3.28. The average molecular weight is 332 g/mol. The van der Waals surface area contributed by atoms with Crippen molar-refractivity contribution >= 4 is 11.9 Å². The van der Waals surface area contributed by atoms with Crippen LogP contribution in [-0.2, 0) is 16.0 Å². The van der Waals surface area contributed by atoms with E-state index < -0.39 is 17.2 Å². The third-order valence-electron chi connectivity index (χ3n) is 4.44. The molecule has 1 N–H and O–H groups in total. The zero-order valence-corrected chi connectivity index (χ0v) is 15.3. The van der Waals surface area contributed by atoms with E-state index in [-0.39, 0.29) is 11.7 Å². The number of Topliss-reactive ketones (excluding diaryl/α,β-unsaturated/α-hetero) is 1. The number of ether oxygens (including phenoxy) is 1. The van der Waals surface area contributed by atoms with Gasteiger partial charge in [0.05, 0.1) is 0 Å². The Hall–Kier alpha value is -1.91. The van der Waals surface area contributed by atoms with E-state index in [1.165, 1.54) is 0 Å². The number of pyridine rings is 1. The number of hydrogen-bond donors (Lipinski definition) is 1. The van der Waals surface area contributed by atoms with Crippen LogP contribution in [0.4, 0.5) is 4.79 Å². The van der Waals surface area contributed by atoms with Gasteiger partial charge in [-0.3, -0.25) is 9.78 Å². The molecule has 132 valence electrons. The predicted octanol–water partition coefficient (Wildman–Crippen LogP) is 3.59. The number of aryl methyl sites for hydroxylation is 2. The number of nitrogens with one attached hydrogen (secondary N) is 1. The van der Waals surface area contributed by atoms with Crippen LogP contribution in [0.2, 0.25) is 0 Å². The molecule has 5 heteroatoms. The molecule has 24 heavy (non-hydrogen) atoms. The highest BCUT2D eigenvalue weighted by atomic mass is 16.6. The fourth-order valence-corrected chi connectivity index (χ4v) is 2.85. The number of aromatic nitrogens is 1. The fraction of sp³-hybridized carbons (Fsp3) is 0.632. The number of ketones is 1. The zero-order chi connectivity index (χ0) is 18.0. The maximum absolute atomic E-state index is 12.8. The lowest BCUT2D eigenvalue weighted by atomic mass is 9.87. The minimum Gasteiger partial charge on any atom is -0.444 e. The molecule has 1 amide bonds. The first-order valence-electron chi connectivity index (χ1n) is 8.57. The zero-order valence-electron chi connectivity index (χ0n) is 15.3. The molecule has 0 saturated heterocycles. The predicted molar refractivity (Wildman–Crippen MR) is 92.8 cm³/mol. The van der Waals surface area contributed by atoms with Crippen molar-refractivity contribution in [1.29, 1.82) is 0 Å². The van der Waals surface area contributed by atoms with E-state index in [9.17, 15) is 9.59 Å². The Labute approximate surface area is 144 Å². The lowest BCUT2D eigenvalue weighted by Crippen LogP contribution is -2.55. The fourth-order valence-electron chi connectivity index (χ4n) is 2.85. The first kappa shape index (κ1) is 18.4. The van der Waals surface area contributed by atoms with Crippen molar-refractivity contribution in [2.45, 2.75) is 71.4 Å². The summed E-state index contributed by atoms with van der Waals surface area (Å²) < 4.78 is 5.33. The topological polar surface area (TPSA) is 68.3 Å². The highest BCUT2D eigenvalue weighted by Gasteiger charge is 2.48. The molecule has 1 aromatic heterocycles. The van der Waals surface area contributed by atoms with Gasteiger partial charge in [-0.2, -0.15) is 0 Å². The van der Waals surface area contributed by atoms with Crippen LogP contribution in [0.1, 0.15) is 58.2 Å². The van der Waals surface area contributed by atoms with Crippen molar-refractivity contribution in [3.05, 3.63) is 29.6 Å². The monoisotopic (exact) mass is 332 g/mol. The molecule has 1 heterocycles. The molecular weight excluding hydrogens is 304 g/mol. The summed E-state index contributed by atoms with van der Waals surface area (Å²) in [5.41, 5.74) is 0.577. The SMILES string of the molecule is Cc1cccnc1CCC(=O)C(C)(NC(=O)OC(C)(C)C)C1CC1. The molecule has 0 aromatic carbocycles. The summed E-state index contributed by atoms with van der Waals surface area (Å²) in [5.74, 6) is 0.239. The number of carbonyl (C=O) groups is 2. The van der Waals surface area contributed by atoms with E-state index in [0.29, 0.717) is 12.8 Å². The van der Waals surface area contributed by atoms with Crippen molar-refractivity contribution in [3.8, 4) is 0 Å². The molecular formula is C19H28N2O3. The Morgan fingerprint density at radius 3 is 2.50 bits per heavy atom. The van der Waals surface area contributed by atoms with E-state index in [4.69, 9.17) is 4.74 Å². The van der Waals surface area contributed by atoms with Crippen molar-refractivity contribution in [2.75, 3.05) is 0 Å². The highest BCUT2D eigenvalue weighted by molar-refractivity contribution is 5.92. The third-order valence-corrected chi connectivity index (χ3v) is 4.44. The normalized spacial score (nSPS) is 17.0. The summed E-state index contributed by atoms with van der Waals surface area (Å²) in [4.78, 5) is 29.3. The van der Waals surface area contributed by atoms with Gasteiger partial charge in [0.15, 0.2) is 5.78 Å². The molecule has 0 bridgehead atoms. The maximum atomic E-state index is 12.8. The van der Waals surface area contributed by atoms with E-state index >= 15 is 0 Å². The summed E-state index contributed by atoms with van der Waals surface area (Å²) >= 11 is 0. The Morgan fingerprint density at radius 2 is 1.96 bits per heavy atom. The van der Waals surface area contributed by atoms with Gasteiger partial charge in [-0.05, 0) is 71.4 Å². The van der Waals surface area contributed by atoms with E-state index in [1.54, 1.807) is 6.20 Å². The van der Waals surface area contributed by atoms with Crippen LogP contribution < -0.4 is 5.32 Å². The van der Waals surface area contributed by atoms with E-state index in [2.05, 4.69) is 10.3 Å². The van der Waals surface area contributed by atoms with Crippen LogP contribution >= 0.6 is 0 Å². The van der Waals surface area contributed by atoms with Crippen LogP contribution in [0.15, 0.2) is 18.3 Å². The van der Waals surface area contributed by atoms with Gasteiger partial charge in [0.1, 0.15) is 11.1 Å². The van der Waals surface area contributed by atoms with E-state index in [0.717, 1.165) is 24.1 Å². The Balaban J connectivity index is 2.02. The Kier molecular flexibility index (Phi) is 5.31. The van der Waals surface area contributed by atoms with Crippen molar-refractivity contribution in [1.82, 2.24) is 10.3 Å². The van der Waals surface area contributed by atoms with Gasteiger partial charge in [0, 0.05) is 18.3 Å². The van der Waals surface area contributed by atoms with Crippen molar-refractivity contribution in [2.24, 2.45) is 5.92 Å². The molecule has 1 aliphatic rings. The minimum absolute atomic E-state index is 0.0425. The highest BCUT2D eigenvalue weighted by Crippen LogP contribution is 2.41. The second-order valence-electron chi connectivity index (χ2n) is 7.79. The lowest BCUT2D eigenvalue weighted by molar-refractivity contribution is -0.125. The largest absolute Gasteiger partial charge is 0.444 e. The number of alkyl carbamates (subject to hydrolysis) is 1. The standard InChI is InChI=1S/C19H28N2O3/c1-13-7-6-12-20-15(13)10-11-16(22)19(5,14-8-9-14)21-17(23)24-18(2,3)4/h6-7,12,14H,8-11H2,1-5H3,(H,21,23). The Morgan fingerprint density at radius 1 is 1.29 bits per heavy atom. The summed E-state index contributed by atoms with van der Waals surface area (Å²) in [7, 11) is 0. The molecule has 0 aliphatic heterocycles. The number of amides is 1. The smallest absolute Gasteiger partial charge is 0.408 e. The molecule has 1 fully saturated rings. The molecule has 2 rings (SSSR count). The van der Waals surface area contributed by atoms with E-state index in [1.807, 2.05) is 46.8 Å². The first-order chi connectivity index (χ1) is 11.1. The van der Waals surface area contributed by atoms with Crippen LogP contribution in [0.5, 0.6) is 0 Å². The lowest BCUT2D eigenvalue weighted by Gasteiger charge is -2.31. The maximum Gasteiger partial charge on any atom is 0.408 e. The summed E-state index contributed by atoms with van der Waals surface area (Å²) in [6.07, 6.45) is 4.08. The molecule has 1 saturated carbocycles. The number of nitrogens with zero attached hydrogens (tertiary/aromatic N) is 1. The minimum atomic E-state index is -0.856. The number of hydrogen-bond acceptors (Lipinski definition) is 4. The molecule has 1 atom stereocenters. The summed E-state index contributed by atoms with van der Waals surface area (Å²) in [5, 5.41) is 2.83. The summed E-state index contributed by atoms with van der Waals surface area (Å²) in [6, 6.07) is 3.88. The van der Waals surface area contributed by atoms with Gasteiger partial charge in [0.2, 0.25) is 0 Å². The van der Waals surface area contributed by atoms with Gasteiger partial charge in [-0.25, -0.2) is 4.79 Å². The Bertz CT molecular complexity index is 617. The molecule has 1 aliphatic carbocycles. The second kappa shape index (κ2) is 6.91. The van der Waals surface area contributed by atoms with Gasteiger partial charge in [-0.1, -0.05) is 6.07 Å². The number of rotatable bonds is 6. The van der Waals surface area contributed by atoms with Gasteiger partial charge in [-0.15, -0.1) is 0 Å². The third kappa shape index (κ3) is 4.79. The summed E-state index contributed by atoms with van der Waals surface area (Å²) in [6.45, 7) is 9.25. The van der Waals surface area contributed by atoms with Crippen LogP contribution in [0.25, 0.3) is 0 Å². The molecule has 1 unspecified atom stereocenters. The quantitative estimate of drug-likeness (QED) is 0.864. The van der Waals surface area contributed by atoms with Crippen molar-refractivity contribution in [3.63, 3.8) is 0 Å². The van der Waals surface area contributed by atoms with Gasteiger partial charge in [0.25, 0.3) is 0 Å². The first-order valence-corrected chi connectivity index (χ1v) is 8.57. The van der Waals surface area contributed by atoms with Gasteiger partial charge >= 0.3 is 6.09 Å². The van der Waals surface area contributed by atoms with Crippen LogP contribution in [-0.4, -0.2) is 28.0 Å².